The first-order valence-electron chi connectivity index (χ1n) is 8.47. The summed E-state index contributed by atoms with van der Waals surface area (Å²) in [5.74, 6) is 0. The zero-order valence-corrected chi connectivity index (χ0v) is 13.9. The molecule has 5 nitrogen and oxygen atoms in total. The first-order valence-corrected chi connectivity index (χ1v) is 8.47. The zero-order chi connectivity index (χ0) is 17.9. The van der Waals surface area contributed by atoms with Gasteiger partial charge < -0.3 is 25.2 Å². The summed E-state index contributed by atoms with van der Waals surface area (Å²) < 4.78 is 5.64. The Labute approximate surface area is 147 Å². The second-order valence-electron chi connectivity index (χ2n) is 6.63. The number of ether oxygens (including phenoxy) is 1. The molecule has 0 aromatic heterocycles. The first kappa shape index (κ1) is 18.0. The summed E-state index contributed by atoms with van der Waals surface area (Å²) in [7, 11) is 0. The van der Waals surface area contributed by atoms with Crippen LogP contribution < -0.4 is 0 Å². The molecule has 1 fully saturated rings. The van der Waals surface area contributed by atoms with Crippen molar-refractivity contribution in [1.82, 2.24) is 0 Å². The summed E-state index contributed by atoms with van der Waals surface area (Å²) in [6.07, 6.45) is -3.81. The predicted molar refractivity (Wildman–Crippen MR) is 93.0 cm³/mol. The van der Waals surface area contributed by atoms with Gasteiger partial charge >= 0.3 is 0 Å². The summed E-state index contributed by atoms with van der Waals surface area (Å²) in [5, 5.41) is 41.8. The quantitative estimate of drug-likeness (QED) is 0.619. The van der Waals surface area contributed by atoms with E-state index >= 15 is 0 Å². The lowest BCUT2D eigenvalue weighted by atomic mass is 9.81. The molecule has 2 aromatic rings. The molecule has 3 rings (SSSR count). The molecule has 2 aromatic carbocycles. The molecule has 0 radical (unpaired) electrons. The maximum Gasteiger partial charge on any atom is 0.126 e. The van der Waals surface area contributed by atoms with Crippen LogP contribution in [0.15, 0.2) is 60.7 Å². The standard InChI is InChI=1S/C20H24O5/c21-13-17-18(23)20(24,12-15-9-5-2-6-10-15)19(25-17)16(22)11-14-7-3-1-4-8-14/h1-10,16-19,21-24H,11-13H2/t16?,17-,18+,19+,20-/m0/s1. The van der Waals surface area contributed by atoms with Crippen LogP contribution in [0.25, 0.3) is 0 Å². The van der Waals surface area contributed by atoms with E-state index in [1.165, 1.54) is 0 Å². The smallest absolute Gasteiger partial charge is 0.126 e. The highest BCUT2D eigenvalue weighted by molar-refractivity contribution is 5.22. The monoisotopic (exact) mass is 344 g/mol. The molecular weight excluding hydrogens is 320 g/mol. The molecule has 0 amide bonds. The van der Waals surface area contributed by atoms with Crippen molar-refractivity contribution in [2.45, 2.75) is 42.9 Å². The number of benzene rings is 2. The summed E-state index contributed by atoms with van der Waals surface area (Å²) in [4.78, 5) is 0. The Balaban J connectivity index is 1.84. The molecule has 134 valence electrons. The van der Waals surface area contributed by atoms with E-state index in [4.69, 9.17) is 4.74 Å². The molecule has 0 saturated carbocycles. The Morgan fingerprint density at radius 1 is 0.960 bits per heavy atom. The second-order valence-corrected chi connectivity index (χ2v) is 6.63. The third-order valence-corrected chi connectivity index (χ3v) is 4.83. The third-order valence-electron chi connectivity index (χ3n) is 4.83. The van der Waals surface area contributed by atoms with Crippen LogP contribution in [0.3, 0.4) is 0 Å². The summed E-state index contributed by atoms with van der Waals surface area (Å²) in [6, 6.07) is 18.7. The fraction of sp³-hybridized carbons (Fsp3) is 0.400. The third kappa shape index (κ3) is 3.76. The molecule has 0 spiro atoms. The van der Waals surface area contributed by atoms with Crippen LogP contribution in [0.4, 0.5) is 0 Å². The van der Waals surface area contributed by atoms with Crippen molar-refractivity contribution >= 4 is 0 Å². The van der Waals surface area contributed by atoms with Crippen LogP contribution >= 0.6 is 0 Å². The van der Waals surface area contributed by atoms with E-state index in [9.17, 15) is 20.4 Å². The molecule has 0 aliphatic carbocycles. The number of aliphatic hydroxyl groups is 4. The average Bonchev–Trinajstić information content (AvgIpc) is 2.88. The van der Waals surface area contributed by atoms with E-state index in [0.29, 0.717) is 0 Å². The van der Waals surface area contributed by atoms with Gasteiger partial charge in [0.05, 0.1) is 12.7 Å². The Kier molecular flexibility index (Phi) is 5.51. The number of rotatable bonds is 6. The van der Waals surface area contributed by atoms with E-state index in [2.05, 4.69) is 0 Å². The van der Waals surface area contributed by atoms with Crippen LogP contribution in [0.2, 0.25) is 0 Å². The second kappa shape index (κ2) is 7.64. The molecule has 1 heterocycles. The van der Waals surface area contributed by atoms with E-state index in [1.807, 2.05) is 60.7 Å². The lowest BCUT2D eigenvalue weighted by Gasteiger charge is -2.34. The molecule has 1 saturated heterocycles. The maximum atomic E-state index is 11.2. The van der Waals surface area contributed by atoms with E-state index < -0.39 is 36.6 Å². The van der Waals surface area contributed by atoms with Crippen LogP contribution in [0, 0.1) is 0 Å². The van der Waals surface area contributed by atoms with Gasteiger partial charge in [-0.2, -0.15) is 0 Å². The highest BCUT2D eigenvalue weighted by Gasteiger charge is 2.57. The normalized spacial score (nSPS) is 30.3. The van der Waals surface area contributed by atoms with Gasteiger partial charge in [-0.3, -0.25) is 0 Å². The summed E-state index contributed by atoms with van der Waals surface area (Å²) >= 11 is 0. The van der Waals surface area contributed by atoms with Crippen LogP contribution in [0.1, 0.15) is 11.1 Å². The van der Waals surface area contributed by atoms with Gasteiger partial charge in [-0.25, -0.2) is 0 Å². The minimum Gasteiger partial charge on any atom is -0.394 e. The average molecular weight is 344 g/mol. The molecule has 5 atom stereocenters. The number of aliphatic hydroxyl groups excluding tert-OH is 3. The van der Waals surface area contributed by atoms with Crippen molar-refractivity contribution < 1.29 is 25.2 Å². The van der Waals surface area contributed by atoms with Crippen LogP contribution in [-0.2, 0) is 17.6 Å². The summed E-state index contributed by atoms with van der Waals surface area (Å²) in [5.41, 5.74) is 0.0499. The van der Waals surface area contributed by atoms with Crippen molar-refractivity contribution in [2.24, 2.45) is 0 Å². The Hall–Kier alpha value is -1.76. The first-order chi connectivity index (χ1) is 12.0. The molecule has 4 N–H and O–H groups in total. The van der Waals surface area contributed by atoms with Crippen LogP contribution in [0.5, 0.6) is 0 Å². The van der Waals surface area contributed by atoms with Crippen molar-refractivity contribution in [2.75, 3.05) is 6.61 Å². The van der Waals surface area contributed by atoms with Gasteiger partial charge in [-0.1, -0.05) is 60.7 Å². The Bertz CT molecular complexity index is 662. The number of hydrogen-bond donors (Lipinski definition) is 4. The fourth-order valence-corrected chi connectivity index (χ4v) is 3.53. The topological polar surface area (TPSA) is 90.2 Å². The van der Waals surface area contributed by atoms with Crippen molar-refractivity contribution in [3.05, 3.63) is 71.8 Å². The van der Waals surface area contributed by atoms with Gasteiger partial charge in [0.2, 0.25) is 0 Å². The van der Waals surface area contributed by atoms with E-state index in [-0.39, 0.29) is 12.8 Å². The maximum absolute atomic E-state index is 11.2. The van der Waals surface area contributed by atoms with Gasteiger partial charge in [0, 0.05) is 12.8 Å². The minimum atomic E-state index is -1.68. The van der Waals surface area contributed by atoms with Gasteiger partial charge in [0.15, 0.2) is 0 Å². The Morgan fingerprint density at radius 3 is 2.08 bits per heavy atom. The van der Waals surface area contributed by atoms with E-state index in [0.717, 1.165) is 11.1 Å². The summed E-state index contributed by atoms with van der Waals surface area (Å²) in [6.45, 7) is -0.424. The van der Waals surface area contributed by atoms with Crippen LogP contribution in [-0.4, -0.2) is 57.0 Å². The lowest BCUT2D eigenvalue weighted by Crippen LogP contribution is -2.54. The zero-order valence-electron chi connectivity index (χ0n) is 13.9. The van der Waals surface area contributed by atoms with Gasteiger partial charge in [0.1, 0.15) is 23.9 Å². The molecule has 1 aliphatic heterocycles. The van der Waals surface area contributed by atoms with Gasteiger partial charge in [-0.05, 0) is 11.1 Å². The molecule has 25 heavy (non-hydrogen) atoms. The molecule has 5 heteroatoms. The van der Waals surface area contributed by atoms with Crippen molar-refractivity contribution in [1.29, 1.82) is 0 Å². The van der Waals surface area contributed by atoms with Gasteiger partial charge in [0.25, 0.3) is 0 Å². The fourth-order valence-electron chi connectivity index (χ4n) is 3.53. The highest BCUT2D eigenvalue weighted by atomic mass is 16.6. The SMILES string of the molecule is OC[C@@H]1O[C@H](C(O)Cc2ccccc2)[C@](O)(Cc2ccccc2)[C@@H]1O. The largest absolute Gasteiger partial charge is 0.394 e. The van der Waals surface area contributed by atoms with Crippen molar-refractivity contribution in [3.63, 3.8) is 0 Å². The Morgan fingerprint density at radius 2 is 1.52 bits per heavy atom. The van der Waals surface area contributed by atoms with Crippen molar-refractivity contribution in [3.8, 4) is 0 Å². The van der Waals surface area contributed by atoms with Gasteiger partial charge in [-0.15, -0.1) is 0 Å². The number of hydrogen-bond acceptors (Lipinski definition) is 5. The lowest BCUT2D eigenvalue weighted by molar-refractivity contribution is -0.119. The highest BCUT2D eigenvalue weighted by Crippen LogP contribution is 2.36. The molecular formula is C20H24O5. The molecule has 1 aliphatic rings. The molecule has 1 unspecified atom stereocenters. The predicted octanol–water partition coefficient (Wildman–Crippen LogP) is 0.684. The minimum absolute atomic E-state index is 0.127. The molecule has 0 bridgehead atoms. The van der Waals surface area contributed by atoms with E-state index in [1.54, 1.807) is 0 Å².